The number of ether oxygens (including phenoxy) is 2. The van der Waals surface area contributed by atoms with Crippen LogP contribution in [0.5, 0.6) is 0 Å². The monoisotopic (exact) mass is 412 g/mol. The molecule has 0 aromatic rings. The van der Waals surface area contributed by atoms with Crippen LogP contribution in [0.1, 0.15) is 32.6 Å². The number of hydrogen-bond acceptors (Lipinski definition) is 8. The molecule has 2 amide bonds. The molecule has 2 aliphatic heterocycles. The standard InChI is InChI=1S/C18H37BN6O4/c1-12-10-16(20-6-7-25(3)19(2)27)23-17(21-12)24-18(26)22-13-4-5-14-15(11-13)29-9-8-28-14/h12-17,20-21,23,27H,4-11H2,1-3H3,(H2,22,24,26). The molecule has 0 radical (unpaired) electrons. The van der Waals surface area contributed by atoms with Gasteiger partial charge in [0.25, 0.3) is 0 Å². The topological polar surface area (TPSA) is 119 Å². The zero-order chi connectivity index (χ0) is 20.8. The number of nitrogens with one attached hydrogen (secondary N) is 5. The number of rotatable bonds is 7. The fraction of sp³-hybridized carbons (Fsp3) is 0.944. The first kappa shape index (κ1) is 22.7. The Morgan fingerprint density at radius 1 is 1.17 bits per heavy atom. The molecule has 29 heavy (non-hydrogen) atoms. The van der Waals surface area contributed by atoms with Gasteiger partial charge in [-0.1, -0.05) is 0 Å². The van der Waals surface area contributed by atoms with Crippen LogP contribution in [0, 0.1) is 0 Å². The number of carbonyl (C=O) groups excluding carboxylic acids is 1. The summed E-state index contributed by atoms with van der Waals surface area (Å²) in [5.41, 5.74) is 0. The summed E-state index contributed by atoms with van der Waals surface area (Å²) in [5.74, 6) is 0. The van der Waals surface area contributed by atoms with E-state index in [9.17, 15) is 9.82 Å². The van der Waals surface area contributed by atoms with Crippen LogP contribution in [0.3, 0.4) is 0 Å². The predicted octanol–water partition coefficient (Wildman–Crippen LogP) is -1.17. The van der Waals surface area contributed by atoms with Crippen molar-refractivity contribution in [2.45, 2.75) is 76.2 Å². The molecule has 2 saturated heterocycles. The van der Waals surface area contributed by atoms with E-state index in [1.807, 2.05) is 11.9 Å². The Morgan fingerprint density at radius 2 is 1.93 bits per heavy atom. The van der Waals surface area contributed by atoms with Crippen molar-refractivity contribution in [2.24, 2.45) is 0 Å². The summed E-state index contributed by atoms with van der Waals surface area (Å²) in [4.78, 5) is 14.4. The second-order valence-corrected chi connectivity index (χ2v) is 8.47. The zero-order valence-corrected chi connectivity index (χ0v) is 17.8. The van der Waals surface area contributed by atoms with Crippen molar-refractivity contribution in [3.05, 3.63) is 0 Å². The van der Waals surface area contributed by atoms with Gasteiger partial charge in [0.05, 0.1) is 31.6 Å². The van der Waals surface area contributed by atoms with Gasteiger partial charge >= 0.3 is 13.1 Å². The van der Waals surface area contributed by atoms with Crippen molar-refractivity contribution in [3.63, 3.8) is 0 Å². The first-order chi connectivity index (χ1) is 13.9. The summed E-state index contributed by atoms with van der Waals surface area (Å²) in [6, 6.07) is 0.178. The van der Waals surface area contributed by atoms with Gasteiger partial charge in [-0.2, -0.15) is 0 Å². The number of likely N-dealkylation sites (N-methyl/N-ethyl adjacent to an activating group) is 1. The van der Waals surface area contributed by atoms with Gasteiger partial charge in [-0.3, -0.25) is 10.6 Å². The van der Waals surface area contributed by atoms with Crippen molar-refractivity contribution < 1.29 is 19.3 Å². The molecule has 10 nitrogen and oxygen atoms in total. The lowest BCUT2D eigenvalue weighted by molar-refractivity contribution is -0.157. The Hall–Kier alpha value is -0.945. The number of amides is 2. The molecule has 0 bridgehead atoms. The Bertz CT molecular complexity index is 531. The molecule has 6 unspecified atom stereocenters. The Morgan fingerprint density at radius 3 is 2.69 bits per heavy atom. The van der Waals surface area contributed by atoms with E-state index in [0.717, 1.165) is 38.8 Å². The zero-order valence-electron chi connectivity index (χ0n) is 17.8. The number of hydrogen-bond donors (Lipinski definition) is 6. The highest BCUT2D eigenvalue weighted by molar-refractivity contribution is 6.45. The first-order valence-corrected chi connectivity index (χ1v) is 10.8. The fourth-order valence-corrected chi connectivity index (χ4v) is 4.21. The summed E-state index contributed by atoms with van der Waals surface area (Å²) in [6.45, 7) is 6.65. The molecular weight excluding hydrogens is 375 g/mol. The van der Waals surface area contributed by atoms with Crippen molar-refractivity contribution in [2.75, 3.05) is 33.4 Å². The molecule has 2 heterocycles. The minimum atomic E-state index is -0.463. The SMILES string of the molecule is CB(O)N(C)CCNC1CC(C)NC(NC(=O)NC2CCC3OCCOC3C2)N1. The van der Waals surface area contributed by atoms with Crippen LogP contribution in [0.4, 0.5) is 4.79 Å². The molecule has 0 aromatic carbocycles. The number of urea groups is 1. The normalized spacial score (nSPS) is 35.1. The molecule has 3 aliphatic rings. The predicted molar refractivity (Wildman–Crippen MR) is 111 cm³/mol. The van der Waals surface area contributed by atoms with Gasteiger partial charge in [0.1, 0.15) is 6.29 Å². The minimum Gasteiger partial charge on any atom is -0.437 e. The summed E-state index contributed by atoms with van der Waals surface area (Å²) in [5, 5.41) is 25.8. The van der Waals surface area contributed by atoms with Crippen molar-refractivity contribution in [1.82, 2.24) is 31.4 Å². The Balaban J connectivity index is 1.38. The van der Waals surface area contributed by atoms with E-state index in [1.165, 1.54) is 0 Å². The van der Waals surface area contributed by atoms with E-state index in [-0.39, 0.29) is 42.8 Å². The minimum absolute atomic E-state index is 0.0853. The van der Waals surface area contributed by atoms with Crippen LogP contribution in [-0.2, 0) is 9.47 Å². The lowest BCUT2D eigenvalue weighted by Gasteiger charge is -2.40. The van der Waals surface area contributed by atoms with E-state index in [1.54, 1.807) is 6.82 Å². The lowest BCUT2D eigenvalue weighted by atomic mass is 9.86. The van der Waals surface area contributed by atoms with Gasteiger partial charge in [0, 0.05) is 25.2 Å². The van der Waals surface area contributed by atoms with Crippen molar-refractivity contribution in [1.29, 1.82) is 0 Å². The molecular formula is C18H37BN6O4. The highest BCUT2D eigenvalue weighted by Crippen LogP contribution is 2.26. The molecule has 3 rings (SSSR count). The Kier molecular flexibility index (Phi) is 8.54. The van der Waals surface area contributed by atoms with E-state index < -0.39 is 7.05 Å². The molecule has 6 atom stereocenters. The van der Waals surface area contributed by atoms with Crippen LogP contribution in [-0.4, -0.2) is 93.0 Å². The van der Waals surface area contributed by atoms with Crippen LogP contribution in [0.15, 0.2) is 0 Å². The number of fused-ring (bicyclic) bond motifs is 1. The summed E-state index contributed by atoms with van der Waals surface area (Å²) < 4.78 is 11.5. The average Bonchev–Trinajstić information content (AvgIpc) is 2.67. The van der Waals surface area contributed by atoms with Crippen LogP contribution in [0.2, 0.25) is 6.82 Å². The second kappa shape index (κ2) is 10.9. The molecule has 6 N–H and O–H groups in total. The highest BCUT2D eigenvalue weighted by Gasteiger charge is 2.35. The number of nitrogens with zero attached hydrogens (tertiary/aromatic N) is 1. The molecule has 1 saturated carbocycles. The van der Waals surface area contributed by atoms with Crippen molar-refractivity contribution in [3.8, 4) is 0 Å². The first-order valence-electron chi connectivity index (χ1n) is 10.8. The largest absolute Gasteiger partial charge is 0.437 e. The molecule has 0 aromatic heterocycles. The Labute approximate surface area is 173 Å². The van der Waals surface area contributed by atoms with Gasteiger partial charge in [0.2, 0.25) is 0 Å². The second-order valence-electron chi connectivity index (χ2n) is 8.47. The van der Waals surface area contributed by atoms with Crippen LogP contribution >= 0.6 is 0 Å². The van der Waals surface area contributed by atoms with Gasteiger partial charge in [-0.05, 0) is 46.5 Å². The molecule has 0 spiro atoms. The van der Waals surface area contributed by atoms with Gasteiger partial charge in [-0.15, -0.1) is 0 Å². The maximum Gasteiger partial charge on any atom is 0.376 e. The lowest BCUT2D eigenvalue weighted by Crippen LogP contribution is -2.68. The van der Waals surface area contributed by atoms with E-state index >= 15 is 0 Å². The highest BCUT2D eigenvalue weighted by atomic mass is 16.6. The number of carbonyl (C=O) groups is 1. The fourth-order valence-electron chi connectivity index (χ4n) is 4.21. The molecule has 3 fully saturated rings. The summed E-state index contributed by atoms with van der Waals surface area (Å²) in [7, 11) is 1.42. The van der Waals surface area contributed by atoms with Gasteiger partial charge < -0.3 is 35.3 Å². The maximum absolute atomic E-state index is 12.5. The molecule has 166 valence electrons. The third-order valence-corrected chi connectivity index (χ3v) is 5.99. The maximum atomic E-state index is 12.5. The third kappa shape index (κ3) is 7.06. The average molecular weight is 412 g/mol. The summed E-state index contributed by atoms with van der Waals surface area (Å²) in [6.07, 6.45) is 3.55. The summed E-state index contributed by atoms with van der Waals surface area (Å²) >= 11 is 0. The van der Waals surface area contributed by atoms with Crippen LogP contribution < -0.4 is 26.6 Å². The van der Waals surface area contributed by atoms with E-state index in [4.69, 9.17) is 9.47 Å². The van der Waals surface area contributed by atoms with Gasteiger partial charge in [0.15, 0.2) is 0 Å². The van der Waals surface area contributed by atoms with Gasteiger partial charge in [-0.25, -0.2) is 4.79 Å². The smallest absolute Gasteiger partial charge is 0.376 e. The third-order valence-electron chi connectivity index (χ3n) is 5.99. The molecule has 11 heteroatoms. The van der Waals surface area contributed by atoms with E-state index in [2.05, 4.69) is 33.5 Å². The van der Waals surface area contributed by atoms with E-state index in [0.29, 0.717) is 13.2 Å². The quantitative estimate of drug-likeness (QED) is 0.290. The van der Waals surface area contributed by atoms with Crippen LogP contribution in [0.25, 0.3) is 0 Å². The molecule has 1 aliphatic carbocycles. The van der Waals surface area contributed by atoms with Crippen molar-refractivity contribution >= 4 is 13.1 Å².